The predicted molar refractivity (Wildman–Crippen MR) is 113 cm³/mol. The number of carbonyl (C=O) groups excluding carboxylic acids is 2. The van der Waals surface area contributed by atoms with Crippen molar-refractivity contribution < 1.29 is 9.59 Å². The molecular weight excluding hydrogens is 388 g/mol. The maximum atomic E-state index is 12.9. The first kappa shape index (κ1) is 19.2. The van der Waals surface area contributed by atoms with E-state index in [-0.39, 0.29) is 29.2 Å². The van der Waals surface area contributed by atoms with Crippen LogP contribution >= 0.6 is 11.8 Å². The highest BCUT2D eigenvalue weighted by Gasteiger charge is 2.28. The second kappa shape index (κ2) is 8.08. The third-order valence-corrected chi connectivity index (χ3v) is 5.61. The molecule has 2 amide bonds. The van der Waals surface area contributed by atoms with Crippen LogP contribution in [0.25, 0.3) is 10.9 Å². The van der Waals surface area contributed by atoms with E-state index in [1.54, 1.807) is 41.9 Å². The summed E-state index contributed by atoms with van der Waals surface area (Å²) in [4.78, 5) is 41.7. The molecule has 3 aromatic rings. The Hall–Kier alpha value is -3.13. The maximum Gasteiger partial charge on any atom is 0.262 e. The SMILES string of the molecule is CNC(=O)c1cccc(NC(=O)CSc2nc3ccccc3c(=O)n2C2CC2)c1. The molecule has 0 saturated heterocycles. The van der Waals surface area contributed by atoms with Crippen molar-refractivity contribution in [2.45, 2.75) is 24.0 Å². The highest BCUT2D eigenvalue weighted by atomic mass is 32.2. The van der Waals surface area contributed by atoms with Crippen LogP contribution in [0.5, 0.6) is 0 Å². The van der Waals surface area contributed by atoms with Crippen LogP contribution in [0, 0.1) is 0 Å². The first-order valence-corrected chi connectivity index (χ1v) is 10.3. The van der Waals surface area contributed by atoms with Crippen LogP contribution < -0.4 is 16.2 Å². The van der Waals surface area contributed by atoms with Crippen LogP contribution in [0.1, 0.15) is 29.2 Å². The Morgan fingerprint density at radius 2 is 1.97 bits per heavy atom. The van der Waals surface area contributed by atoms with E-state index in [1.165, 1.54) is 11.8 Å². The third kappa shape index (κ3) is 4.17. The number of carbonyl (C=O) groups is 2. The van der Waals surface area contributed by atoms with Gasteiger partial charge in [0.05, 0.1) is 16.7 Å². The zero-order valence-corrected chi connectivity index (χ0v) is 16.7. The molecule has 2 N–H and O–H groups in total. The number of anilines is 1. The first-order valence-electron chi connectivity index (χ1n) is 9.33. The molecule has 1 aromatic heterocycles. The number of fused-ring (bicyclic) bond motifs is 1. The van der Waals surface area contributed by atoms with Crippen molar-refractivity contribution >= 4 is 40.2 Å². The summed E-state index contributed by atoms with van der Waals surface area (Å²) < 4.78 is 1.71. The summed E-state index contributed by atoms with van der Waals surface area (Å²) in [6, 6.07) is 14.2. The van der Waals surface area contributed by atoms with Gasteiger partial charge in [-0.05, 0) is 43.2 Å². The average Bonchev–Trinajstić information content (AvgIpc) is 3.57. The van der Waals surface area contributed by atoms with Crippen molar-refractivity contribution in [3.8, 4) is 0 Å². The monoisotopic (exact) mass is 408 g/mol. The summed E-state index contributed by atoms with van der Waals surface area (Å²) in [5, 5.41) is 6.50. The van der Waals surface area contributed by atoms with Crippen molar-refractivity contribution in [3.63, 3.8) is 0 Å². The molecule has 0 spiro atoms. The molecule has 0 aliphatic heterocycles. The van der Waals surface area contributed by atoms with E-state index >= 15 is 0 Å². The summed E-state index contributed by atoms with van der Waals surface area (Å²) in [5.41, 5.74) is 1.59. The second-order valence-corrected chi connectivity index (χ2v) is 7.76. The largest absolute Gasteiger partial charge is 0.355 e. The quantitative estimate of drug-likeness (QED) is 0.483. The van der Waals surface area contributed by atoms with Gasteiger partial charge in [0, 0.05) is 24.3 Å². The van der Waals surface area contributed by atoms with Crippen molar-refractivity contribution in [3.05, 3.63) is 64.4 Å². The zero-order valence-electron chi connectivity index (χ0n) is 15.8. The van der Waals surface area contributed by atoms with Crippen molar-refractivity contribution in [2.24, 2.45) is 0 Å². The molecule has 2 aromatic carbocycles. The number of benzene rings is 2. The molecule has 148 valence electrons. The van der Waals surface area contributed by atoms with Crippen molar-refractivity contribution in [1.29, 1.82) is 0 Å². The Morgan fingerprint density at radius 1 is 1.17 bits per heavy atom. The van der Waals surface area contributed by atoms with Crippen LogP contribution in [0.4, 0.5) is 5.69 Å². The number of nitrogens with one attached hydrogen (secondary N) is 2. The lowest BCUT2D eigenvalue weighted by Gasteiger charge is -2.12. The number of hydrogen-bond donors (Lipinski definition) is 2. The Morgan fingerprint density at radius 3 is 2.72 bits per heavy atom. The van der Waals surface area contributed by atoms with Crippen molar-refractivity contribution in [1.82, 2.24) is 14.9 Å². The summed E-state index contributed by atoms with van der Waals surface area (Å²) in [6.07, 6.45) is 1.90. The fourth-order valence-corrected chi connectivity index (χ4v) is 3.96. The molecule has 0 unspecified atom stereocenters. The van der Waals surface area contributed by atoms with Gasteiger partial charge in [0.15, 0.2) is 5.16 Å². The lowest BCUT2D eigenvalue weighted by molar-refractivity contribution is -0.113. The van der Waals surface area contributed by atoms with Gasteiger partial charge in [-0.15, -0.1) is 0 Å². The fourth-order valence-electron chi connectivity index (χ4n) is 3.09. The molecule has 1 fully saturated rings. The third-order valence-electron chi connectivity index (χ3n) is 4.66. The standard InChI is InChI=1S/C21H20N4O3S/c1-22-19(27)13-5-4-6-14(11-13)23-18(26)12-29-21-24-17-8-3-2-7-16(17)20(28)25(21)15-9-10-15/h2-8,11,15H,9-10,12H2,1H3,(H,22,27)(H,23,26). The predicted octanol–water partition coefficient (Wildman–Crippen LogP) is 2.82. The topological polar surface area (TPSA) is 93.1 Å². The summed E-state index contributed by atoms with van der Waals surface area (Å²) in [5.74, 6) is -0.333. The molecule has 1 aliphatic carbocycles. The highest BCUT2D eigenvalue weighted by molar-refractivity contribution is 7.99. The lowest BCUT2D eigenvalue weighted by atomic mass is 10.2. The number of nitrogens with zero attached hydrogens (tertiary/aromatic N) is 2. The molecule has 29 heavy (non-hydrogen) atoms. The van der Waals surface area contributed by atoms with E-state index in [4.69, 9.17) is 0 Å². The number of amides is 2. The van der Waals surface area contributed by atoms with Gasteiger partial charge >= 0.3 is 0 Å². The normalized spacial score (nSPS) is 13.3. The van der Waals surface area contributed by atoms with Gasteiger partial charge in [-0.3, -0.25) is 19.0 Å². The van der Waals surface area contributed by atoms with Gasteiger partial charge in [0.25, 0.3) is 11.5 Å². The molecule has 8 heteroatoms. The molecule has 0 radical (unpaired) electrons. The molecule has 4 rings (SSSR count). The molecule has 1 aliphatic rings. The van der Waals surface area contributed by atoms with E-state index in [0.29, 0.717) is 27.3 Å². The van der Waals surface area contributed by atoms with E-state index in [0.717, 1.165) is 12.8 Å². The molecule has 1 saturated carbocycles. The number of para-hydroxylation sites is 1. The number of hydrogen-bond acceptors (Lipinski definition) is 5. The van der Waals surface area contributed by atoms with Crippen LogP contribution in [0.3, 0.4) is 0 Å². The minimum Gasteiger partial charge on any atom is -0.355 e. The number of thioether (sulfide) groups is 1. The van der Waals surface area contributed by atoms with Gasteiger partial charge in [0.2, 0.25) is 5.91 Å². The number of aromatic nitrogens is 2. The first-order chi connectivity index (χ1) is 14.1. The molecule has 7 nitrogen and oxygen atoms in total. The minimum atomic E-state index is -0.228. The Labute approximate surface area is 171 Å². The van der Waals surface area contributed by atoms with Gasteiger partial charge in [-0.2, -0.15) is 0 Å². The fraction of sp³-hybridized carbons (Fsp3) is 0.238. The van der Waals surface area contributed by atoms with Crippen LogP contribution in [0.2, 0.25) is 0 Å². The zero-order chi connectivity index (χ0) is 20.4. The summed E-state index contributed by atoms with van der Waals surface area (Å²) in [6.45, 7) is 0. The highest BCUT2D eigenvalue weighted by Crippen LogP contribution is 2.36. The Balaban J connectivity index is 1.51. The van der Waals surface area contributed by atoms with Gasteiger partial charge in [0.1, 0.15) is 0 Å². The summed E-state index contributed by atoms with van der Waals surface area (Å²) >= 11 is 1.25. The molecule has 1 heterocycles. The molecule has 0 atom stereocenters. The van der Waals surface area contributed by atoms with Gasteiger partial charge < -0.3 is 10.6 Å². The Kier molecular flexibility index (Phi) is 5.35. The minimum absolute atomic E-state index is 0.0562. The average molecular weight is 408 g/mol. The smallest absolute Gasteiger partial charge is 0.262 e. The van der Waals surface area contributed by atoms with E-state index < -0.39 is 0 Å². The molecular formula is C21H20N4O3S. The van der Waals surface area contributed by atoms with Crippen molar-refractivity contribution in [2.75, 3.05) is 18.1 Å². The lowest BCUT2D eigenvalue weighted by Crippen LogP contribution is -2.23. The van der Waals surface area contributed by atoms with Crippen LogP contribution in [-0.4, -0.2) is 34.2 Å². The molecule has 0 bridgehead atoms. The van der Waals surface area contributed by atoms with E-state index in [2.05, 4.69) is 15.6 Å². The second-order valence-electron chi connectivity index (χ2n) is 6.81. The van der Waals surface area contributed by atoms with Crippen LogP contribution in [-0.2, 0) is 4.79 Å². The Bertz CT molecular complexity index is 1150. The van der Waals surface area contributed by atoms with Gasteiger partial charge in [-0.25, -0.2) is 4.98 Å². The van der Waals surface area contributed by atoms with E-state index in [1.807, 2.05) is 18.2 Å². The van der Waals surface area contributed by atoms with E-state index in [9.17, 15) is 14.4 Å². The maximum absolute atomic E-state index is 12.9. The number of rotatable bonds is 6. The summed E-state index contributed by atoms with van der Waals surface area (Å²) in [7, 11) is 1.56. The van der Waals surface area contributed by atoms with Gasteiger partial charge in [-0.1, -0.05) is 30.0 Å². The van der Waals surface area contributed by atoms with Crippen LogP contribution in [0.15, 0.2) is 58.5 Å².